The van der Waals surface area contributed by atoms with Gasteiger partial charge in [0.15, 0.2) is 0 Å². The van der Waals surface area contributed by atoms with Gasteiger partial charge in [-0.2, -0.15) is 0 Å². The molecule has 6 aromatic carbocycles. The molecule has 4 nitrogen and oxygen atoms in total. The fraction of sp³-hybridized carbons (Fsp3) is 0.0667. The van der Waals surface area contributed by atoms with Crippen LogP contribution < -0.4 is 11.5 Å². The van der Waals surface area contributed by atoms with Crippen LogP contribution in [-0.4, -0.2) is 9.13 Å². The monoisotopic (exact) mass is 636 g/mol. The predicted octanol–water partition coefficient (Wildman–Crippen LogP) is 10.5. The van der Waals surface area contributed by atoms with E-state index in [0.717, 1.165) is 28.9 Å². The third-order valence-corrected chi connectivity index (χ3v) is 9.18. The van der Waals surface area contributed by atoms with Gasteiger partial charge in [-0.3, -0.25) is 0 Å². The molecule has 0 bridgehead atoms. The van der Waals surface area contributed by atoms with Crippen molar-refractivity contribution < 1.29 is 0 Å². The molecule has 0 aliphatic rings. The number of hydrogen-bond acceptors (Lipinski definition) is 2. The number of hydrogen-bond donors (Lipinski definition) is 2. The zero-order valence-electron chi connectivity index (χ0n) is 27.8. The van der Waals surface area contributed by atoms with E-state index in [1.807, 2.05) is 37.3 Å². The average molecular weight is 637 g/mol. The van der Waals surface area contributed by atoms with Gasteiger partial charge in [0.25, 0.3) is 0 Å². The summed E-state index contributed by atoms with van der Waals surface area (Å²) in [6.07, 6.45) is 8.64. The van der Waals surface area contributed by atoms with Crippen LogP contribution in [0.3, 0.4) is 0 Å². The Morgan fingerprint density at radius 3 is 2.06 bits per heavy atom. The van der Waals surface area contributed by atoms with Gasteiger partial charge in [0, 0.05) is 51.4 Å². The summed E-state index contributed by atoms with van der Waals surface area (Å²) < 4.78 is 4.73. The third-order valence-electron chi connectivity index (χ3n) is 9.18. The number of fused-ring (bicyclic) bond motifs is 7. The van der Waals surface area contributed by atoms with Crippen molar-refractivity contribution >= 4 is 43.5 Å². The average Bonchev–Trinajstić information content (AvgIpc) is 3.75. The first kappa shape index (κ1) is 31.5. The van der Waals surface area contributed by atoms with Crippen molar-refractivity contribution in [3.8, 4) is 11.4 Å². The molecular weight excluding hydrogens is 597 g/mol. The number of para-hydroxylation sites is 1. The van der Waals surface area contributed by atoms with Crippen LogP contribution in [0.5, 0.6) is 0 Å². The van der Waals surface area contributed by atoms with Crippen molar-refractivity contribution in [2.24, 2.45) is 11.5 Å². The second-order valence-electron chi connectivity index (χ2n) is 12.1. The van der Waals surface area contributed by atoms with Crippen LogP contribution in [0.25, 0.3) is 54.9 Å². The second kappa shape index (κ2) is 13.9. The highest BCUT2D eigenvalue weighted by Crippen LogP contribution is 2.40. The van der Waals surface area contributed by atoms with Gasteiger partial charge >= 0.3 is 0 Å². The molecule has 0 saturated heterocycles. The summed E-state index contributed by atoms with van der Waals surface area (Å²) in [6, 6.07) is 49.4. The van der Waals surface area contributed by atoms with E-state index in [1.165, 1.54) is 54.7 Å². The van der Waals surface area contributed by atoms with E-state index in [1.54, 1.807) is 6.08 Å². The molecule has 4 N–H and O–H groups in total. The van der Waals surface area contributed by atoms with E-state index in [2.05, 4.69) is 143 Å². The lowest BCUT2D eigenvalue weighted by atomic mass is 10.0. The fourth-order valence-electron chi connectivity index (χ4n) is 6.76. The Morgan fingerprint density at radius 2 is 1.35 bits per heavy atom. The Labute approximate surface area is 287 Å². The van der Waals surface area contributed by atoms with Gasteiger partial charge in [-0.05, 0) is 77.9 Å². The molecule has 0 radical (unpaired) electrons. The molecule has 0 spiro atoms. The lowest BCUT2D eigenvalue weighted by Crippen LogP contribution is -2.03. The van der Waals surface area contributed by atoms with Gasteiger partial charge in [-0.25, -0.2) is 0 Å². The van der Waals surface area contributed by atoms with E-state index in [0.29, 0.717) is 6.54 Å². The van der Waals surface area contributed by atoms with Crippen LogP contribution in [0, 0.1) is 0 Å². The summed E-state index contributed by atoms with van der Waals surface area (Å²) >= 11 is 0. The molecule has 240 valence electrons. The van der Waals surface area contributed by atoms with Crippen molar-refractivity contribution in [3.63, 3.8) is 0 Å². The smallest absolute Gasteiger partial charge is 0.0628 e. The molecule has 0 atom stereocenters. The molecule has 0 aliphatic heterocycles. The molecule has 2 heterocycles. The van der Waals surface area contributed by atoms with Gasteiger partial charge in [0.05, 0.1) is 16.6 Å². The van der Waals surface area contributed by atoms with Gasteiger partial charge in [0.1, 0.15) is 0 Å². The molecule has 2 aromatic heterocycles. The van der Waals surface area contributed by atoms with Gasteiger partial charge in [-0.1, -0.05) is 122 Å². The number of nitrogens with two attached hydrogens (primary N) is 2. The summed E-state index contributed by atoms with van der Waals surface area (Å²) in [6.45, 7) is 6.19. The molecule has 8 rings (SSSR count). The summed E-state index contributed by atoms with van der Waals surface area (Å²) in [4.78, 5) is 0. The topological polar surface area (TPSA) is 61.9 Å². The molecule has 0 unspecified atom stereocenters. The largest absolute Gasteiger partial charge is 0.399 e. The lowest BCUT2D eigenvalue weighted by Gasteiger charge is -2.11. The van der Waals surface area contributed by atoms with Crippen molar-refractivity contribution in [3.05, 3.63) is 193 Å². The first-order chi connectivity index (χ1) is 24.1. The van der Waals surface area contributed by atoms with Crippen LogP contribution in [0.4, 0.5) is 0 Å². The van der Waals surface area contributed by atoms with Gasteiger partial charge in [-0.15, -0.1) is 0 Å². The van der Waals surface area contributed by atoms with Crippen LogP contribution >= 0.6 is 0 Å². The molecule has 0 amide bonds. The molecule has 8 aromatic rings. The van der Waals surface area contributed by atoms with E-state index < -0.39 is 0 Å². The number of rotatable bonds is 7. The minimum Gasteiger partial charge on any atom is -0.399 e. The number of benzene rings is 6. The minimum absolute atomic E-state index is 0.543. The first-order valence-electron chi connectivity index (χ1n) is 16.7. The molecule has 49 heavy (non-hydrogen) atoms. The number of aromatic nitrogens is 2. The number of allylic oxidation sites excluding steroid dienone is 4. The third kappa shape index (κ3) is 6.06. The van der Waals surface area contributed by atoms with E-state index in [9.17, 15) is 0 Å². The van der Waals surface area contributed by atoms with E-state index in [4.69, 9.17) is 11.5 Å². The zero-order chi connectivity index (χ0) is 33.7. The lowest BCUT2D eigenvalue weighted by molar-refractivity contribution is 1.06. The summed E-state index contributed by atoms with van der Waals surface area (Å²) in [5.41, 5.74) is 22.1. The molecule has 0 aliphatic carbocycles. The Bertz CT molecular complexity index is 2460. The first-order valence-corrected chi connectivity index (χ1v) is 16.7. The van der Waals surface area contributed by atoms with Crippen LogP contribution in [0.1, 0.15) is 18.1 Å². The van der Waals surface area contributed by atoms with Crippen molar-refractivity contribution in [1.82, 2.24) is 9.13 Å². The van der Waals surface area contributed by atoms with Crippen LogP contribution in [-0.2, 0) is 13.0 Å². The summed E-state index contributed by atoms with van der Waals surface area (Å²) in [5.74, 6) is 0. The normalized spacial score (nSPS) is 12.0. The van der Waals surface area contributed by atoms with E-state index >= 15 is 0 Å². The molecule has 0 saturated carbocycles. The second-order valence-corrected chi connectivity index (χ2v) is 12.1. The highest BCUT2D eigenvalue weighted by Gasteiger charge is 2.19. The summed E-state index contributed by atoms with van der Waals surface area (Å²) in [7, 11) is 0. The maximum atomic E-state index is 5.91. The highest BCUT2D eigenvalue weighted by molar-refractivity contribution is 6.25. The van der Waals surface area contributed by atoms with Crippen LogP contribution in [0.2, 0.25) is 0 Å². The summed E-state index contributed by atoms with van der Waals surface area (Å²) in [5, 5.41) is 6.27. The van der Waals surface area contributed by atoms with E-state index in [-0.39, 0.29) is 0 Å². The van der Waals surface area contributed by atoms with Crippen LogP contribution in [0.15, 0.2) is 182 Å². The Hall–Kier alpha value is -6.10. The van der Waals surface area contributed by atoms with Gasteiger partial charge in [0.2, 0.25) is 0 Å². The Balaban J connectivity index is 0.000000214. The SMILES string of the molecule is C=C/C=C(N)\C(=C/C)Cc1ccccc1.NCc1ccc(-n2c3ccc4ccn(-c5ccccc5)c4c3c3ccc4ccccc4c32)cc1. The maximum absolute atomic E-state index is 5.91. The highest BCUT2D eigenvalue weighted by atomic mass is 15.0. The fourth-order valence-corrected chi connectivity index (χ4v) is 6.76. The van der Waals surface area contributed by atoms with Crippen molar-refractivity contribution in [2.45, 2.75) is 19.9 Å². The number of nitrogens with zero attached hydrogens (tertiary/aromatic N) is 2. The Kier molecular flexibility index (Phi) is 8.96. The maximum Gasteiger partial charge on any atom is 0.0628 e. The van der Waals surface area contributed by atoms with Crippen molar-refractivity contribution in [2.75, 3.05) is 0 Å². The minimum atomic E-state index is 0.543. The molecule has 4 heteroatoms. The Morgan fingerprint density at radius 1 is 0.653 bits per heavy atom. The predicted molar refractivity (Wildman–Crippen MR) is 209 cm³/mol. The quantitative estimate of drug-likeness (QED) is 0.171. The molecule has 0 fully saturated rings. The standard InChI is InChI=1S/C31H23N3.C14H17N/c32-20-21-10-14-25(15-11-21)34-28-17-13-23-18-19-33(24-7-2-1-3-8-24)30(23)29(28)27-16-12-22-6-4-5-9-26(22)31(27)34;1-3-8-14(15)13(4-2)11-12-9-6-5-7-10-12/h1-19H,20,32H2;3-10H,1,11,15H2,2H3/b;13-4-,14-8+. The van der Waals surface area contributed by atoms with Gasteiger partial charge < -0.3 is 20.6 Å². The van der Waals surface area contributed by atoms with Crippen molar-refractivity contribution in [1.29, 1.82) is 0 Å². The zero-order valence-corrected chi connectivity index (χ0v) is 27.8. The molecular formula is C45H40N4.